The minimum atomic E-state index is 0.0254. The maximum absolute atomic E-state index is 13.1. The van der Waals surface area contributed by atoms with Crippen LogP contribution in [0.4, 0.5) is 0 Å². The molecule has 2 aromatic rings. The number of carbonyl (C=O) groups is 1. The quantitative estimate of drug-likeness (QED) is 0.934. The van der Waals surface area contributed by atoms with Gasteiger partial charge in [-0.25, -0.2) is 0 Å². The molecule has 1 N–H and O–H groups in total. The van der Waals surface area contributed by atoms with Crippen LogP contribution < -0.4 is 5.32 Å². The van der Waals surface area contributed by atoms with Crippen molar-refractivity contribution in [3.63, 3.8) is 0 Å². The Morgan fingerprint density at radius 2 is 2.21 bits per heavy atom. The summed E-state index contributed by atoms with van der Waals surface area (Å²) in [6.45, 7) is 3.11. The number of hydrogen-bond acceptors (Lipinski definition) is 4. The fraction of sp³-hybridized carbons (Fsp3) is 0.368. The number of benzene rings is 1. The number of rotatable bonds is 4. The Kier molecular flexibility index (Phi) is 5.23. The first kappa shape index (κ1) is 16.6. The van der Waals surface area contributed by atoms with E-state index in [4.69, 9.17) is 0 Å². The van der Waals surface area contributed by atoms with Gasteiger partial charge in [-0.2, -0.15) is 0 Å². The molecule has 0 radical (unpaired) electrons. The largest absolute Gasteiger partial charge is 0.329 e. The zero-order chi connectivity index (χ0) is 16.9. The van der Waals surface area contributed by atoms with E-state index in [2.05, 4.69) is 21.3 Å². The molecule has 126 valence electrons. The van der Waals surface area contributed by atoms with Crippen LogP contribution in [0.15, 0.2) is 48.8 Å². The summed E-state index contributed by atoms with van der Waals surface area (Å²) in [5.41, 5.74) is 2.98. The Morgan fingerprint density at radius 3 is 2.96 bits per heavy atom. The van der Waals surface area contributed by atoms with Crippen molar-refractivity contribution < 1.29 is 4.79 Å². The molecule has 0 spiro atoms. The molecule has 1 unspecified atom stereocenters. The molecular formula is C19H24N4O. The molecule has 3 rings (SSSR count). The second-order valence-electron chi connectivity index (χ2n) is 6.44. The second kappa shape index (κ2) is 7.55. The van der Waals surface area contributed by atoms with Crippen LogP contribution in [-0.4, -0.2) is 54.4 Å². The zero-order valence-electron chi connectivity index (χ0n) is 14.3. The van der Waals surface area contributed by atoms with Crippen LogP contribution in [0, 0.1) is 0 Å². The number of pyridine rings is 1. The monoisotopic (exact) mass is 324 g/mol. The number of nitrogens with zero attached hydrogens (tertiary/aromatic N) is 3. The summed E-state index contributed by atoms with van der Waals surface area (Å²) in [5.74, 6) is 0.0889. The van der Waals surface area contributed by atoms with Gasteiger partial charge in [-0.05, 0) is 43.4 Å². The number of carbonyl (C=O) groups excluding carboxylic acids is 1. The molecule has 1 aromatic heterocycles. The van der Waals surface area contributed by atoms with Crippen molar-refractivity contribution in [3.8, 4) is 0 Å². The van der Waals surface area contributed by atoms with E-state index in [0.717, 1.165) is 36.3 Å². The lowest BCUT2D eigenvalue weighted by Gasteiger charge is -2.36. The number of nitrogens with one attached hydrogen (secondary N) is 1. The highest BCUT2D eigenvalue weighted by atomic mass is 16.2. The summed E-state index contributed by atoms with van der Waals surface area (Å²) >= 11 is 0. The highest BCUT2D eigenvalue weighted by Gasteiger charge is 2.28. The molecule has 1 saturated heterocycles. The van der Waals surface area contributed by atoms with Gasteiger partial charge in [-0.1, -0.05) is 18.2 Å². The number of amides is 1. The van der Waals surface area contributed by atoms with Crippen LogP contribution in [0.25, 0.3) is 0 Å². The summed E-state index contributed by atoms with van der Waals surface area (Å²) in [6.07, 6.45) is 3.61. The van der Waals surface area contributed by atoms with E-state index in [1.54, 1.807) is 6.20 Å². The van der Waals surface area contributed by atoms with E-state index >= 15 is 0 Å². The number of piperazine rings is 1. The minimum absolute atomic E-state index is 0.0254. The smallest absolute Gasteiger partial charge is 0.254 e. The van der Waals surface area contributed by atoms with Gasteiger partial charge in [0.15, 0.2) is 0 Å². The molecule has 2 heterocycles. The molecular weight excluding hydrogens is 300 g/mol. The first-order valence-corrected chi connectivity index (χ1v) is 8.30. The van der Waals surface area contributed by atoms with Crippen LogP contribution in [-0.2, 0) is 6.54 Å². The van der Waals surface area contributed by atoms with Gasteiger partial charge in [0, 0.05) is 44.1 Å². The fourth-order valence-corrected chi connectivity index (χ4v) is 3.15. The minimum Gasteiger partial charge on any atom is -0.329 e. The van der Waals surface area contributed by atoms with Crippen LogP contribution >= 0.6 is 0 Å². The van der Waals surface area contributed by atoms with Gasteiger partial charge in [0.1, 0.15) is 0 Å². The van der Waals surface area contributed by atoms with Crippen molar-refractivity contribution in [2.45, 2.75) is 12.6 Å². The lowest BCUT2D eigenvalue weighted by Crippen LogP contribution is -2.48. The zero-order valence-corrected chi connectivity index (χ0v) is 14.3. The SMILES string of the molecule is CN(C)Cc1cccc(C(=O)N2CCNCC2c2cccnc2)c1. The molecule has 1 aromatic carbocycles. The van der Waals surface area contributed by atoms with Crippen molar-refractivity contribution in [1.82, 2.24) is 20.1 Å². The van der Waals surface area contributed by atoms with E-state index in [-0.39, 0.29) is 11.9 Å². The number of hydrogen-bond donors (Lipinski definition) is 1. The van der Waals surface area contributed by atoms with E-state index in [0.29, 0.717) is 6.54 Å². The van der Waals surface area contributed by atoms with Crippen molar-refractivity contribution in [1.29, 1.82) is 0 Å². The average Bonchev–Trinajstić information content (AvgIpc) is 2.61. The molecule has 5 nitrogen and oxygen atoms in total. The topological polar surface area (TPSA) is 48.5 Å². The molecule has 24 heavy (non-hydrogen) atoms. The maximum atomic E-state index is 13.1. The molecule has 0 saturated carbocycles. The third-order valence-electron chi connectivity index (χ3n) is 4.25. The summed E-state index contributed by atoms with van der Waals surface area (Å²) in [5, 5.41) is 3.38. The lowest BCUT2D eigenvalue weighted by molar-refractivity contribution is 0.0634. The van der Waals surface area contributed by atoms with Gasteiger partial charge < -0.3 is 15.1 Å². The van der Waals surface area contributed by atoms with E-state index in [9.17, 15) is 4.79 Å². The Balaban J connectivity index is 1.84. The normalized spacial score (nSPS) is 18.0. The van der Waals surface area contributed by atoms with Crippen molar-refractivity contribution in [2.75, 3.05) is 33.7 Å². The van der Waals surface area contributed by atoms with Gasteiger partial charge in [0.2, 0.25) is 0 Å². The van der Waals surface area contributed by atoms with Crippen LogP contribution in [0.5, 0.6) is 0 Å². The Labute approximate surface area is 143 Å². The predicted octanol–water partition coefficient (Wildman–Crippen LogP) is 1.93. The summed E-state index contributed by atoms with van der Waals surface area (Å²) in [7, 11) is 4.06. The molecule has 1 atom stereocenters. The molecule has 1 aliphatic rings. The highest BCUT2D eigenvalue weighted by Crippen LogP contribution is 2.24. The lowest BCUT2D eigenvalue weighted by atomic mass is 10.0. The third kappa shape index (κ3) is 3.80. The van der Waals surface area contributed by atoms with Gasteiger partial charge in [0.05, 0.1) is 6.04 Å². The van der Waals surface area contributed by atoms with Crippen LogP contribution in [0.1, 0.15) is 27.5 Å². The average molecular weight is 324 g/mol. The van der Waals surface area contributed by atoms with E-state index in [1.165, 1.54) is 0 Å². The van der Waals surface area contributed by atoms with Crippen molar-refractivity contribution >= 4 is 5.91 Å². The predicted molar refractivity (Wildman–Crippen MR) is 94.7 cm³/mol. The van der Waals surface area contributed by atoms with Crippen LogP contribution in [0.3, 0.4) is 0 Å². The summed E-state index contributed by atoms with van der Waals surface area (Å²) in [6, 6.07) is 11.9. The molecule has 0 bridgehead atoms. The first-order chi connectivity index (χ1) is 11.6. The standard InChI is InChI=1S/C19H24N4O/c1-22(2)14-15-5-3-6-16(11-15)19(24)23-10-9-21-13-18(23)17-7-4-8-20-12-17/h3-8,11-12,18,21H,9-10,13-14H2,1-2H3. The molecule has 0 aliphatic carbocycles. The van der Waals surface area contributed by atoms with E-state index in [1.807, 2.05) is 55.5 Å². The molecule has 1 fully saturated rings. The van der Waals surface area contributed by atoms with Gasteiger partial charge in [0.25, 0.3) is 5.91 Å². The Bertz CT molecular complexity index is 687. The molecule has 1 amide bonds. The van der Waals surface area contributed by atoms with Gasteiger partial charge >= 0.3 is 0 Å². The van der Waals surface area contributed by atoms with Crippen LogP contribution in [0.2, 0.25) is 0 Å². The Morgan fingerprint density at radius 1 is 1.33 bits per heavy atom. The summed E-state index contributed by atoms with van der Waals surface area (Å²) < 4.78 is 0. The molecule has 1 aliphatic heterocycles. The first-order valence-electron chi connectivity index (χ1n) is 8.30. The van der Waals surface area contributed by atoms with Gasteiger partial charge in [-0.15, -0.1) is 0 Å². The fourth-order valence-electron chi connectivity index (χ4n) is 3.15. The highest BCUT2D eigenvalue weighted by molar-refractivity contribution is 5.94. The Hall–Kier alpha value is -2.24. The van der Waals surface area contributed by atoms with Gasteiger partial charge in [-0.3, -0.25) is 9.78 Å². The van der Waals surface area contributed by atoms with E-state index < -0.39 is 0 Å². The van der Waals surface area contributed by atoms with Crippen molar-refractivity contribution in [2.24, 2.45) is 0 Å². The number of aromatic nitrogens is 1. The maximum Gasteiger partial charge on any atom is 0.254 e. The van der Waals surface area contributed by atoms with Crippen molar-refractivity contribution in [3.05, 3.63) is 65.5 Å². The second-order valence-corrected chi connectivity index (χ2v) is 6.44. The summed E-state index contributed by atoms with van der Waals surface area (Å²) in [4.78, 5) is 21.4. The molecule has 5 heteroatoms. The third-order valence-corrected chi connectivity index (χ3v) is 4.25.